The van der Waals surface area contributed by atoms with Crippen molar-refractivity contribution in [3.8, 4) is 5.75 Å². The number of amides is 2. The Bertz CT molecular complexity index is 1160. The topological polar surface area (TPSA) is 67.9 Å². The lowest BCUT2D eigenvalue weighted by Gasteiger charge is -2.50. The molecule has 204 valence electrons. The van der Waals surface area contributed by atoms with Gasteiger partial charge in [0.25, 0.3) is 11.5 Å². The van der Waals surface area contributed by atoms with Crippen LogP contribution in [0.1, 0.15) is 49.1 Å². The van der Waals surface area contributed by atoms with E-state index >= 15 is 0 Å². The molecular formula is C29H33F3N2O4. The van der Waals surface area contributed by atoms with Crippen LogP contribution in [0.5, 0.6) is 5.75 Å². The molecule has 9 heteroatoms. The molecule has 2 aliphatic heterocycles. The zero-order valence-corrected chi connectivity index (χ0v) is 21.4. The third-order valence-electron chi connectivity index (χ3n) is 8.45. The predicted octanol–water partition coefficient (Wildman–Crippen LogP) is 4.79. The standard InChI is InChI=1S/C29H33F3N2O4/c1-37-28(29(30,31)32,21-7-3-2-4-8-21)26(36)34-15-13-27(14-16-34)17-25(35)33-18-23(27)22-9-5-6-10-24(22)38-19-20-11-12-20/h2-10,20,23H,11-19H2,1H3,(H,33,35)/t23?,28-/m1/s1. The van der Waals surface area contributed by atoms with Gasteiger partial charge in [-0.15, -0.1) is 0 Å². The number of nitrogens with zero attached hydrogens (tertiary/aromatic N) is 1. The van der Waals surface area contributed by atoms with Gasteiger partial charge in [0.05, 0.1) is 6.61 Å². The molecule has 2 amide bonds. The highest BCUT2D eigenvalue weighted by atomic mass is 19.4. The minimum Gasteiger partial charge on any atom is -0.493 e. The van der Waals surface area contributed by atoms with E-state index in [1.54, 1.807) is 6.07 Å². The summed E-state index contributed by atoms with van der Waals surface area (Å²) in [6.45, 7) is 1.27. The van der Waals surface area contributed by atoms with E-state index in [1.807, 2.05) is 24.3 Å². The molecule has 2 aromatic carbocycles. The summed E-state index contributed by atoms with van der Waals surface area (Å²) < 4.78 is 54.6. The van der Waals surface area contributed by atoms with Crippen LogP contribution in [0.25, 0.3) is 0 Å². The van der Waals surface area contributed by atoms with Gasteiger partial charge in [-0.25, -0.2) is 0 Å². The van der Waals surface area contributed by atoms with Crippen molar-refractivity contribution in [2.45, 2.75) is 49.8 Å². The summed E-state index contributed by atoms with van der Waals surface area (Å²) >= 11 is 0. The zero-order valence-electron chi connectivity index (χ0n) is 21.4. The number of nitrogens with one attached hydrogen (secondary N) is 1. The first-order valence-corrected chi connectivity index (χ1v) is 13.2. The van der Waals surface area contributed by atoms with E-state index < -0.39 is 23.1 Å². The summed E-state index contributed by atoms with van der Waals surface area (Å²) in [6, 6.07) is 14.9. The Morgan fingerprint density at radius 3 is 2.34 bits per heavy atom. The monoisotopic (exact) mass is 530 g/mol. The summed E-state index contributed by atoms with van der Waals surface area (Å²) in [5.74, 6) is 0.0909. The summed E-state index contributed by atoms with van der Waals surface area (Å²) in [6.07, 6.45) is -1.57. The maximum Gasteiger partial charge on any atom is 0.430 e. The maximum absolute atomic E-state index is 14.5. The molecule has 2 heterocycles. The summed E-state index contributed by atoms with van der Waals surface area (Å²) in [5, 5.41) is 2.97. The Hall–Kier alpha value is -3.07. The third-order valence-corrected chi connectivity index (χ3v) is 8.45. The Balaban J connectivity index is 1.40. The fourth-order valence-electron chi connectivity index (χ4n) is 6.07. The maximum atomic E-state index is 14.5. The van der Waals surface area contributed by atoms with Crippen LogP contribution in [0.2, 0.25) is 0 Å². The SMILES string of the molecule is CO[C@@](C(=O)N1CCC2(CC1)CC(=O)NCC2c1ccccc1OCC1CC1)(c1ccccc1)C(F)(F)F. The number of piperidine rings is 2. The van der Waals surface area contributed by atoms with Gasteiger partial charge in [-0.2, -0.15) is 13.2 Å². The quantitative estimate of drug-likeness (QED) is 0.559. The summed E-state index contributed by atoms with van der Waals surface area (Å²) in [7, 11) is 0.921. The molecule has 2 atom stereocenters. The second-order valence-corrected chi connectivity index (χ2v) is 10.7. The molecule has 1 saturated carbocycles. The van der Waals surface area contributed by atoms with Gasteiger partial charge in [0.2, 0.25) is 5.91 Å². The van der Waals surface area contributed by atoms with Crippen LogP contribution in [0.4, 0.5) is 13.2 Å². The Morgan fingerprint density at radius 1 is 1.05 bits per heavy atom. The second kappa shape index (κ2) is 10.2. The lowest BCUT2D eigenvalue weighted by molar-refractivity contribution is -0.271. The number of halogens is 3. The van der Waals surface area contributed by atoms with Gasteiger partial charge >= 0.3 is 6.18 Å². The zero-order chi connectivity index (χ0) is 27.0. The number of hydrogen-bond acceptors (Lipinski definition) is 4. The van der Waals surface area contributed by atoms with E-state index in [2.05, 4.69) is 5.32 Å². The molecule has 3 fully saturated rings. The molecule has 5 rings (SSSR count). The fourth-order valence-corrected chi connectivity index (χ4v) is 6.07. The first-order chi connectivity index (χ1) is 18.2. The van der Waals surface area contributed by atoms with E-state index in [9.17, 15) is 22.8 Å². The molecule has 2 aromatic rings. The van der Waals surface area contributed by atoms with Crippen LogP contribution in [0, 0.1) is 11.3 Å². The van der Waals surface area contributed by atoms with Crippen molar-refractivity contribution in [3.05, 3.63) is 65.7 Å². The van der Waals surface area contributed by atoms with Crippen molar-refractivity contribution in [2.75, 3.05) is 33.4 Å². The number of ether oxygens (including phenoxy) is 2. The molecule has 2 saturated heterocycles. The van der Waals surface area contributed by atoms with Crippen molar-refractivity contribution in [2.24, 2.45) is 11.3 Å². The van der Waals surface area contributed by atoms with Gasteiger partial charge in [0.1, 0.15) is 5.75 Å². The van der Waals surface area contributed by atoms with E-state index in [0.717, 1.165) is 18.4 Å². The number of para-hydroxylation sites is 1. The summed E-state index contributed by atoms with van der Waals surface area (Å²) in [4.78, 5) is 27.4. The molecular weight excluding hydrogens is 497 g/mol. The fraction of sp³-hybridized carbons (Fsp3) is 0.517. The Labute approximate surface area is 220 Å². The molecule has 0 bridgehead atoms. The highest BCUT2D eigenvalue weighted by Gasteiger charge is 2.64. The van der Waals surface area contributed by atoms with Gasteiger partial charge in [0.15, 0.2) is 0 Å². The van der Waals surface area contributed by atoms with E-state index in [4.69, 9.17) is 9.47 Å². The lowest BCUT2D eigenvalue weighted by atomic mass is 9.62. The first kappa shape index (κ1) is 26.5. The van der Waals surface area contributed by atoms with Crippen molar-refractivity contribution in [1.29, 1.82) is 0 Å². The third kappa shape index (κ3) is 4.77. The van der Waals surface area contributed by atoms with Crippen LogP contribution >= 0.6 is 0 Å². The van der Waals surface area contributed by atoms with Crippen molar-refractivity contribution in [1.82, 2.24) is 10.2 Å². The number of rotatable bonds is 7. The molecule has 1 N–H and O–H groups in total. The molecule has 0 aromatic heterocycles. The number of carbonyl (C=O) groups is 2. The summed E-state index contributed by atoms with van der Waals surface area (Å²) in [5.41, 5.74) is -2.83. The number of likely N-dealkylation sites (tertiary alicyclic amines) is 1. The van der Waals surface area contributed by atoms with Crippen LogP contribution < -0.4 is 10.1 Å². The molecule has 3 aliphatic rings. The Morgan fingerprint density at radius 2 is 1.71 bits per heavy atom. The number of hydrogen-bond donors (Lipinski definition) is 1. The van der Waals surface area contributed by atoms with Crippen molar-refractivity contribution >= 4 is 11.8 Å². The minimum atomic E-state index is -4.96. The minimum absolute atomic E-state index is 0.0724. The van der Waals surface area contributed by atoms with Gasteiger partial charge < -0.3 is 19.7 Å². The molecule has 38 heavy (non-hydrogen) atoms. The van der Waals surface area contributed by atoms with E-state index in [1.165, 1.54) is 42.0 Å². The average molecular weight is 531 g/mol. The van der Waals surface area contributed by atoms with E-state index in [0.29, 0.717) is 31.9 Å². The van der Waals surface area contributed by atoms with Gasteiger partial charge in [-0.05, 0) is 48.6 Å². The van der Waals surface area contributed by atoms with Crippen LogP contribution in [-0.2, 0) is 19.9 Å². The average Bonchev–Trinajstić information content (AvgIpc) is 3.73. The molecule has 1 spiro atoms. The molecule has 1 unspecified atom stereocenters. The van der Waals surface area contributed by atoms with Crippen LogP contribution in [0.15, 0.2) is 54.6 Å². The van der Waals surface area contributed by atoms with Gasteiger partial charge in [-0.1, -0.05) is 48.5 Å². The first-order valence-electron chi connectivity index (χ1n) is 13.2. The highest BCUT2D eigenvalue weighted by molar-refractivity contribution is 5.88. The molecule has 0 radical (unpaired) electrons. The Kier molecular flexibility index (Phi) is 7.15. The highest BCUT2D eigenvalue weighted by Crippen LogP contribution is 2.52. The smallest absolute Gasteiger partial charge is 0.430 e. The van der Waals surface area contributed by atoms with E-state index in [-0.39, 0.29) is 36.9 Å². The predicted molar refractivity (Wildman–Crippen MR) is 134 cm³/mol. The number of alkyl halides is 3. The number of benzene rings is 2. The normalized spacial score (nSPS) is 23.0. The van der Waals surface area contributed by atoms with Crippen molar-refractivity contribution < 1.29 is 32.2 Å². The molecule has 6 nitrogen and oxygen atoms in total. The number of carbonyl (C=O) groups excluding carboxylic acids is 2. The largest absolute Gasteiger partial charge is 0.493 e. The van der Waals surface area contributed by atoms with Gasteiger partial charge in [0, 0.05) is 44.6 Å². The number of methoxy groups -OCH3 is 1. The van der Waals surface area contributed by atoms with Crippen molar-refractivity contribution in [3.63, 3.8) is 0 Å². The molecule has 1 aliphatic carbocycles. The second-order valence-electron chi connectivity index (χ2n) is 10.7. The van der Waals surface area contributed by atoms with Crippen LogP contribution in [-0.4, -0.2) is 56.2 Å². The lowest BCUT2D eigenvalue weighted by Crippen LogP contribution is -2.60. The van der Waals surface area contributed by atoms with Crippen LogP contribution in [0.3, 0.4) is 0 Å². The van der Waals surface area contributed by atoms with Gasteiger partial charge in [-0.3, -0.25) is 9.59 Å².